The number of amides is 1. The van der Waals surface area contributed by atoms with E-state index in [0.29, 0.717) is 13.0 Å². The molecule has 2 aromatic rings. The number of nitrogens with zero attached hydrogens (tertiary/aromatic N) is 3. The molecule has 0 aromatic heterocycles. The number of benzene rings is 2. The quantitative estimate of drug-likeness (QED) is 0.769. The van der Waals surface area contributed by atoms with Crippen LogP contribution in [0.2, 0.25) is 0 Å². The van der Waals surface area contributed by atoms with Gasteiger partial charge >= 0.3 is 0 Å². The van der Waals surface area contributed by atoms with Crippen LogP contribution in [0.15, 0.2) is 52.3 Å². The smallest absolute Gasteiger partial charge is 0.224 e. The molecule has 0 bridgehead atoms. The van der Waals surface area contributed by atoms with Crippen molar-refractivity contribution in [2.75, 3.05) is 45.7 Å². The largest absolute Gasteiger partial charge is 0.344 e. The van der Waals surface area contributed by atoms with Crippen molar-refractivity contribution >= 4 is 29.0 Å². The van der Waals surface area contributed by atoms with E-state index in [2.05, 4.69) is 59.2 Å². The van der Waals surface area contributed by atoms with E-state index >= 15 is 0 Å². The molecule has 0 saturated carbocycles. The van der Waals surface area contributed by atoms with Crippen molar-refractivity contribution in [3.63, 3.8) is 0 Å². The first-order chi connectivity index (χ1) is 12.5. The summed E-state index contributed by atoms with van der Waals surface area (Å²) in [7, 11) is 5.95. The molecule has 3 rings (SSSR count). The van der Waals surface area contributed by atoms with E-state index < -0.39 is 0 Å². The molecule has 4 nitrogen and oxygen atoms in total. The normalized spacial score (nSPS) is 12.7. The average Bonchev–Trinajstić information content (AvgIpc) is 2.63. The highest BCUT2D eigenvalue weighted by Gasteiger charge is 2.24. The Morgan fingerprint density at radius 3 is 2.50 bits per heavy atom. The molecular weight excluding hydrogens is 342 g/mol. The van der Waals surface area contributed by atoms with E-state index in [9.17, 15) is 4.79 Å². The summed E-state index contributed by atoms with van der Waals surface area (Å²) in [5, 5.41) is 0. The van der Waals surface area contributed by atoms with Crippen LogP contribution in [0.3, 0.4) is 0 Å². The van der Waals surface area contributed by atoms with Crippen LogP contribution < -0.4 is 4.90 Å². The van der Waals surface area contributed by atoms with E-state index in [-0.39, 0.29) is 5.91 Å². The van der Waals surface area contributed by atoms with Gasteiger partial charge in [0.1, 0.15) is 0 Å². The van der Waals surface area contributed by atoms with Crippen molar-refractivity contribution in [3.05, 3.63) is 48.0 Å². The van der Waals surface area contributed by atoms with Crippen LogP contribution in [-0.4, -0.2) is 56.5 Å². The van der Waals surface area contributed by atoms with Crippen molar-refractivity contribution in [2.24, 2.45) is 0 Å². The lowest BCUT2D eigenvalue weighted by Crippen LogP contribution is -2.35. The van der Waals surface area contributed by atoms with Crippen LogP contribution in [0, 0.1) is 6.92 Å². The summed E-state index contributed by atoms with van der Waals surface area (Å²) < 4.78 is 0. The van der Waals surface area contributed by atoms with E-state index in [4.69, 9.17) is 0 Å². The number of carbonyl (C=O) groups excluding carboxylic acids is 1. The number of fused-ring (bicyclic) bond motifs is 2. The maximum absolute atomic E-state index is 12.6. The summed E-state index contributed by atoms with van der Waals surface area (Å²) in [6.45, 7) is 4.45. The number of anilines is 2. The Hall–Kier alpha value is -1.98. The van der Waals surface area contributed by atoms with Crippen molar-refractivity contribution < 1.29 is 4.79 Å². The molecule has 138 valence electrons. The zero-order chi connectivity index (χ0) is 18.7. The van der Waals surface area contributed by atoms with Gasteiger partial charge in [-0.3, -0.25) is 4.79 Å². The van der Waals surface area contributed by atoms with Gasteiger partial charge in [0, 0.05) is 42.9 Å². The summed E-state index contributed by atoms with van der Waals surface area (Å²) in [5.41, 5.74) is 3.64. The highest BCUT2D eigenvalue weighted by Crippen LogP contribution is 2.48. The van der Waals surface area contributed by atoms with Gasteiger partial charge in [0.2, 0.25) is 5.91 Å². The zero-order valence-electron chi connectivity index (χ0n) is 16.0. The third-order valence-corrected chi connectivity index (χ3v) is 5.77. The Balaban J connectivity index is 1.77. The number of likely N-dealkylation sites (N-methyl/N-ethyl adjacent to an activating group) is 2. The van der Waals surface area contributed by atoms with Gasteiger partial charge in [0.25, 0.3) is 0 Å². The molecule has 0 atom stereocenters. The van der Waals surface area contributed by atoms with Crippen molar-refractivity contribution in [3.8, 4) is 0 Å². The molecule has 1 aliphatic heterocycles. The summed E-state index contributed by atoms with van der Waals surface area (Å²) in [5.74, 6) is 0.191. The van der Waals surface area contributed by atoms with Crippen LogP contribution in [-0.2, 0) is 4.79 Å². The molecule has 0 radical (unpaired) electrons. The minimum atomic E-state index is 0.191. The molecule has 5 heteroatoms. The first-order valence-electron chi connectivity index (χ1n) is 8.99. The van der Waals surface area contributed by atoms with Gasteiger partial charge in [-0.2, -0.15) is 0 Å². The predicted octanol–water partition coefficient (Wildman–Crippen LogP) is 4.01. The van der Waals surface area contributed by atoms with Gasteiger partial charge in [-0.15, -0.1) is 0 Å². The number of aryl methyl sites for hydroxylation is 1. The molecule has 26 heavy (non-hydrogen) atoms. The van der Waals surface area contributed by atoms with Gasteiger partial charge in [0.15, 0.2) is 0 Å². The van der Waals surface area contributed by atoms with Crippen LogP contribution in [0.5, 0.6) is 0 Å². The van der Waals surface area contributed by atoms with Gasteiger partial charge in [-0.1, -0.05) is 30.0 Å². The molecule has 0 aliphatic carbocycles. The fourth-order valence-electron chi connectivity index (χ4n) is 3.05. The second-order valence-corrected chi connectivity index (χ2v) is 8.14. The lowest BCUT2D eigenvalue weighted by Gasteiger charge is -2.33. The Bertz CT molecular complexity index is 791. The van der Waals surface area contributed by atoms with Crippen LogP contribution >= 0.6 is 11.8 Å². The average molecular weight is 370 g/mol. The fraction of sp³-hybridized carbons (Fsp3) is 0.381. The Morgan fingerprint density at radius 1 is 1.00 bits per heavy atom. The third-order valence-electron chi connectivity index (χ3n) is 4.64. The standard InChI is InChI=1S/C21H27N3OS/c1-16-9-10-20-18(15-16)24(17-7-5-6-8-19(17)26-20)12-11-21(25)23(4)14-13-22(2)3/h5-10,15H,11-14H2,1-4H3. The number of hydrogen-bond acceptors (Lipinski definition) is 4. The minimum absolute atomic E-state index is 0.191. The fourth-order valence-corrected chi connectivity index (χ4v) is 4.13. The monoisotopic (exact) mass is 369 g/mol. The van der Waals surface area contributed by atoms with Gasteiger partial charge in [0.05, 0.1) is 11.4 Å². The molecule has 1 aliphatic rings. The maximum Gasteiger partial charge on any atom is 0.224 e. The minimum Gasteiger partial charge on any atom is -0.344 e. The highest BCUT2D eigenvalue weighted by atomic mass is 32.2. The summed E-state index contributed by atoms with van der Waals surface area (Å²) in [4.78, 5) is 21.3. The van der Waals surface area contributed by atoms with Crippen LogP contribution in [0.1, 0.15) is 12.0 Å². The van der Waals surface area contributed by atoms with Gasteiger partial charge in [-0.05, 0) is 50.8 Å². The molecule has 0 N–H and O–H groups in total. The highest BCUT2D eigenvalue weighted by molar-refractivity contribution is 7.99. The van der Waals surface area contributed by atoms with Gasteiger partial charge < -0.3 is 14.7 Å². The van der Waals surface area contributed by atoms with Crippen molar-refractivity contribution in [1.29, 1.82) is 0 Å². The summed E-state index contributed by atoms with van der Waals surface area (Å²) in [6.07, 6.45) is 0.510. The number of carbonyl (C=O) groups is 1. The first-order valence-corrected chi connectivity index (χ1v) is 9.81. The van der Waals surface area contributed by atoms with Gasteiger partial charge in [-0.25, -0.2) is 0 Å². The summed E-state index contributed by atoms with van der Waals surface area (Å²) in [6, 6.07) is 15.0. The molecular formula is C21H27N3OS. The molecule has 0 fully saturated rings. The molecule has 0 saturated heterocycles. The second kappa shape index (κ2) is 8.14. The van der Waals surface area contributed by atoms with E-state index in [1.54, 1.807) is 11.8 Å². The third kappa shape index (κ3) is 4.22. The lowest BCUT2D eigenvalue weighted by atomic mass is 10.1. The topological polar surface area (TPSA) is 26.8 Å². The number of para-hydroxylation sites is 1. The van der Waals surface area contributed by atoms with Crippen molar-refractivity contribution in [2.45, 2.75) is 23.1 Å². The number of hydrogen-bond donors (Lipinski definition) is 0. The van der Waals surface area contributed by atoms with Crippen LogP contribution in [0.4, 0.5) is 11.4 Å². The van der Waals surface area contributed by atoms with Crippen LogP contribution in [0.25, 0.3) is 0 Å². The van der Waals surface area contributed by atoms with Crippen molar-refractivity contribution in [1.82, 2.24) is 9.80 Å². The Kier molecular flexibility index (Phi) is 5.89. The Labute approximate surface area is 160 Å². The SMILES string of the molecule is Cc1ccc2c(c1)N(CCC(=O)N(C)CCN(C)C)c1ccccc1S2. The second-order valence-electron chi connectivity index (χ2n) is 7.06. The van der Waals surface area contributed by atoms with E-state index in [0.717, 1.165) is 13.1 Å². The zero-order valence-corrected chi connectivity index (χ0v) is 16.8. The lowest BCUT2D eigenvalue weighted by molar-refractivity contribution is -0.129. The maximum atomic E-state index is 12.6. The molecule has 1 heterocycles. The predicted molar refractivity (Wildman–Crippen MR) is 110 cm³/mol. The molecule has 0 unspecified atom stereocenters. The number of rotatable bonds is 6. The van der Waals surface area contributed by atoms with E-state index in [1.807, 2.05) is 26.0 Å². The summed E-state index contributed by atoms with van der Waals surface area (Å²) >= 11 is 1.80. The molecule has 0 spiro atoms. The van der Waals surface area contributed by atoms with E-state index in [1.165, 1.54) is 26.7 Å². The first kappa shape index (κ1) is 18.8. The molecule has 2 aromatic carbocycles. The molecule has 1 amide bonds. The Morgan fingerprint density at radius 2 is 1.73 bits per heavy atom.